The second kappa shape index (κ2) is 7.92. The molecule has 1 heterocycles. The minimum Gasteiger partial charge on any atom is -0.435 e. The van der Waals surface area contributed by atoms with Gasteiger partial charge in [-0.15, -0.1) is 0 Å². The van der Waals surface area contributed by atoms with Crippen molar-refractivity contribution in [3.63, 3.8) is 0 Å². The van der Waals surface area contributed by atoms with Crippen molar-refractivity contribution in [2.24, 2.45) is 0 Å². The largest absolute Gasteiger partial charge is 0.435 e. The molecule has 0 spiro atoms. The molecule has 1 N–H and O–H groups in total. The van der Waals surface area contributed by atoms with Crippen LogP contribution in [0, 0.1) is 0 Å². The van der Waals surface area contributed by atoms with Crippen LogP contribution in [0.4, 0.5) is 14.5 Å². The molecule has 1 amide bonds. The Bertz CT molecular complexity index is 903. The van der Waals surface area contributed by atoms with E-state index in [1.165, 1.54) is 29.2 Å². The zero-order chi connectivity index (χ0) is 18.5. The van der Waals surface area contributed by atoms with Crippen LogP contribution in [0.5, 0.6) is 5.75 Å². The maximum absolute atomic E-state index is 12.2. The summed E-state index contributed by atoms with van der Waals surface area (Å²) < 4.78 is 28.6. The quantitative estimate of drug-likeness (QED) is 0.710. The summed E-state index contributed by atoms with van der Waals surface area (Å²) in [7, 11) is 0. The summed E-state index contributed by atoms with van der Waals surface area (Å²) in [5.41, 5.74) is 1.53. The SMILES string of the molecule is O=C(Cc1cnn(-c2ccccc2)n1)Nc1ccc(OC(F)F)cc1Cl. The molecule has 0 saturated heterocycles. The molecule has 9 heteroatoms. The molecule has 0 aliphatic carbocycles. The Morgan fingerprint density at radius 2 is 2.00 bits per heavy atom. The molecule has 1 aromatic heterocycles. The molecule has 2 aromatic carbocycles. The fraction of sp³-hybridized carbons (Fsp3) is 0.118. The standard InChI is InChI=1S/C17H13ClF2N4O2/c18-14-9-13(26-17(19)20)6-7-15(14)22-16(25)8-11-10-21-24(23-11)12-4-2-1-3-5-12/h1-7,9-10,17H,8H2,(H,22,25). The smallest absolute Gasteiger partial charge is 0.387 e. The van der Waals surface area contributed by atoms with Gasteiger partial charge < -0.3 is 10.1 Å². The molecule has 0 bridgehead atoms. The van der Waals surface area contributed by atoms with Crippen molar-refractivity contribution in [1.29, 1.82) is 0 Å². The highest BCUT2D eigenvalue weighted by molar-refractivity contribution is 6.33. The van der Waals surface area contributed by atoms with Crippen LogP contribution >= 0.6 is 11.6 Å². The van der Waals surface area contributed by atoms with Gasteiger partial charge in [0, 0.05) is 6.07 Å². The highest BCUT2D eigenvalue weighted by Crippen LogP contribution is 2.27. The Hall–Kier alpha value is -3.00. The number of nitrogens with one attached hydrogen (secondary N) is 1. The molecule has 0 atom stereocenters. The molecule has 6 nitrogen and oxygen atoms in total. The van der Waals surface area contributed by atoms with E-state index in [0.717, 1.165) is 5.69 Å². The van der Waals surface area contributed by atoms with Gasteiger partial charge in [0.05, 0.1) is 34.7 Å². The second-order valence-electron chi connectivity index (χ2n) is 5.21. The third-order valence-corrected chi connectivity index (χ3v) is 3.62. The molecular weight excluding hydrogens is 366 g/mol. The summed E-state index contributed by atoms with van der Waals surface area (Å²) in [6, 6.07) is 13.2. The van der Waals surface area contributed by atoms with E-state index < -0.39 is 6.61 Å². The number of rotatable bonds is 6. The fourth-order valence-corrected chi connectivity index (χ4v) is 2.41. The zero-order valence-electron chi connectivity index (χ0n) is 13.3. The van der Waals surface area contributed by atoms with Crippen molar-refractivity contribution in [1.82, 2.24) is 15.0 Å². The Morgan fingerprint density at radius 3 is 2.69 bits per heavy atom. The normalized spacial score (nSPS) is 10.8. The van der Waals surface area contributed by atoms with Crippen molar-refractivity contribution in [2.45, 2.75) is 13.0 Å². The third kappa shape index (κ3) is 4.54. The van der Waals surface area contributed by atoms with E-state index in [1.807, 2.05) is 30.3 Å². The van der Waals surface area contributed by atoms with E-state index in [2.05, 4.69) is 20.3 Å². The minimum atomic E-state index is -2.95. The van der Waals surface area contributed by atoms with Crippen molar-refractivity contribution >= 4 is 23.2 Å². The molecule has 0 aliphatic rings. The van der Waals surface area contributed by atoms with Gasteiger partial charge in [0.15, 0.2) is 0 Å². The second-order valence-corrected chi connectivity index (χ2v) is 5.61. The lowest BCUT2D eigenvalue weighted by atomic mass is 10.2. The summed E-state index contributed by atoms with van der Waals surface area (Å²) >= 11 is 5.97. The first kappa shape index (κ1) is 17.8. The highest BCUT2D eigenvalue weighted by Gasteiger charge is 2.12. The topological polar surface area (TPSA) is 69.0 Å². The van der Waals surface area contributed by atoms with Gasteiger partial charge in [0.1, 0.15) is 5.75 Å². The number of anilines is 1. The third-order valence-electron chi connectivity index (χ3n) is 3.31. The number of carbonyl (C=O) groups is 1. The molecule has 3 aromatic rings. The van der Waals surface area contributed by atoms with Crippen molar-refractivity contribution in [3.05, 3.63) is 65.4 Å². The van der Waals surface area contributed by atoms with Crippen LogP contribution in [-0.4, -0.2) is 27.5 Å². The Labute approximate surface area is 152 Å². The van der Waals surface area contributed by atoms with Gasteiger partial charge in [0.25, 0.3) is 0 Å². The van der Waals surface area contributed by atoms with Gasteiger partial charge >= 0.3 is 6.61 Å². The average Bonchev–Trinajstić information content (AvgIpc) is 3.06. The lowest BCUT2D eigenvalue weighted by molar-refractivity contribution is -0.115. The van der Waals surface area contributed by atoms with Gasteiger partial charge in [-0.05, 0) is 24.3 Å². The van der Waals surface area contributed by atoms with Crippen LogP contribution < -0.4 is 10.1 Å². The van der Waals surface area contributed by atoms with Crippen LogP contribution in [0.1, 0.15) is 5.69 Å². The number of alkyl halides is 2. The number of carbonyl (C=O) groups excluding carboxylic acids is 1. The lowest BCUT2D eigenvalue weighted by Crippen LogP contribution is -2.15. The summed E-state index contributed by atoms with van der Waals surface area (Å²) in [6.45, 7) is -2.95. The molecule has 0 unspecified atom stereocenters. The molecule has 0 aliphatic heterocycles. The zero-order valence-corrected chi connectivity index (χ0v) is 14.0. The van der Waals surface area contributed by atoms with Gasteiger partial charge in [-0.2, -0.15) is 23.8 Å². The van der Waals surface area contributed by atoms with E-state index in [0.29, 0.717) is 5.69 Å². The fourth-order valence-electron chi connectivity index (χ4n) is 2.19. The monoisotopic (exact) mass is 378 g/mol. The molecule has 26 heavy (non-hydrogen) atoms. The van der Waals surface area contributed by atoms with Gasteiger partial charge in [-0.3, -0.25) is 4.79 Å². The van der Waals surface area contributed by atoms with Crippen molar-refractivity contribution in [3.8, 4) is 11.4 Å². The number of aromatic nitrogens is 3. The molecule has 0 saturated carbocycles. The van der Waals surface area contributed by atoms with E-state index in [-0.39, 0.29) is 28.8 Å². The van der Waals surface area contributed by atoms with Crippen LogP contribution in [0.15, 0.2) is 54.7 Å². The summed E-state index contributed by atoms with van der Waals surface area (Å²) in [5, 5.41) is 11.0. The van der Waals surface area contributed by atoms with E-state index in [1.54, 1.807) is 0 Å². The maximum Gasteiger partial charge on any atom is 0.387 e. The van der Waals surface area contributed by atoms with Crippen LogP contribution in [0.2, 0.25) is 5.02 Å². The van der Waals surface area contributed by atoms with E-state index >= 15 is 0 Å². The molecule has 0 radical (unpaired) electrons. The highest BCUT2D eigenvalue weighted by atomic mass is 35.5. The van der Waals surface area contributed by atoms with E-state index in [4.69, 9.17) is 11.6 Å². The van der Waals surface area contributed by atoms with E-state index in [9.17, 15) is 13.6 Å². The first-order valence-electron chi connectivity index (χ1n) is 7.52. The summed E-state index contributed by atoms with van der Waals surface area (Å²) in [6.07, 6.45) is 1.48. The number of hydrogen-bond acceptors (Lipinski definition) is 4. The number of para-hydroxylation sites is 1. The van der Waals surface area contributed by atoms with Crippen molar-refractivity contribution in [2.75, 3.05) is 5.32 Å². The Balaban J connectivity index is 1.63. The minimum absolute atomic E-state index is 0.0154. The molecule has 3 rings (SSSR count). The number of hydrogen-bond donors (Lipinski definition) is 1. The Kier molecular flexibility index (Phi) is 5.43. The summed E-state index contributed by atoms with van der Waals surface area (Å²) in [5.74, 6) is -0.455. The first-order chi connectivity index (χ1) is 12.5. The number of benzene rings is 2. The van der Waals surface area contributed by atoms with Gasteiger partial charge in [-0.25, -0.2) is 0 Å². The van der Waals surface area contributed by atoms with Gasteiger partial charge in [0.2, 0.25) is 5.91 Å². The van der Waals surface area contributed by atoms with Gasteiger partial charge in [-0.1, -0.05) is 29.8 Å². The Morgan fingerprint density at radius 1 is 1.23 bits per heavy atom. The summed E-state index contributed by atoms with van der Waals surface area (Å²) in [4.78, 5) is 13.6. The molecule has 134 valence electrons. The van der Waals surface area contributed by atoms with Crippen molar-refractivity contribution < 1.29 is 18.3 Å². The number of ether oxygens (including phenoxy) is 1. The first-order valence-corrected chi connectivity index (χ1v) is 7.90. The molecule has 0 fully saturated rings. The number of nitrogens with zero attached hydrogens (tertiary/aromatic N) is 3. The average molecular weight is 379 g/mol. The van der Waals surface area contributed by atoms with Crippen LogP contribution in [0.25, 0.3) is 5.69 Å². The maximum atomic E-state index is 12.2. The number of amides is 1. The lowest BCUT2D eigenvalue weighted by Gasteiger charge is -2.09. The predicted molar refractivity (Wildman–Crippen MR) is 91.8 cm³/mol. The molecular formula is C17H13ClF2N4O2. The van der Waals surface area contributed by atoms with Crippen LogP contribution in [0.3, 0.4) is 0 Å². The van der Waals surface area contributed by atoms with Crippen LogP contribution in [-0.2, 0) is 11.2 Å². The number of halogens is 3. The predicted octanol–water partition coefficient (Wildman–Crippen LogP) is 3.70.